The Labute approximate surface area is 191 Å². The maximum absolute atomic E-state index is 13.5. The highest BCUT2D eigenvalue weighted by atomic mass is 19.1. The summed E-state index contributed by atoms with van der Waals surface area (Å²) in [4.78, 5) is 46.4. The molecule has 0 unspecified atom stereocenters. The van der Waals surface area contributed by atoms with Crippen molar-refractivity contribution in [2.45, 2.75) is 0 Å². The molecule has 0 atom stereocenters. The molecule has 1 aliphatic rings. The predicted octanol–water partition coefficient (Wildman–Crippen LogP) is 4.46. The third kappa shape index (κ3) is 2.96. The fourth-order valence-corrected chi connectivity index (χ4v) is 4.23. The molecule has 2 aromatic heterocycles. The van der Waals surface area contributed by atoms with Crippen molar-refractivity contribution in [2.24, 2.45) is 0 Å². The minimum absolute atomic E-state index is 0.00753. The standard InChI is InChI=1S/C26H15FN4O3/c27-15-11-9-14(10-12-15)22-23-19(16-5-3-4-8-20(16)28-23)13-21(29-22)24(32)30-31-25(33)17-6-1-2-7-18(17)26(31)34/h1-13,28H,(H,30,32). The number of benzene rings is 3. The monoisotopic (exact) mass is 450 g/mol. The van der Waals surface area contributed by atoms with Gasteiger partial charge in [0.25, 0.3) is 17.7 Å². The van der Waals surface area contributed by atoms with E-state index >= 15 is 0 Å². The van der Waals surface area contributed by atoms with Gasteiger partial charge in [-0.3, -0.25) is 19.8 Å². The first-order valence-electron chi connectivity index (χ1n) is 10.5. The van der Waals surface area contributed by atoms with E-state index in [0.717, 1.165) is 16.3 Å². The molecule has 0 spiro atoms. The number of aromatic nitrogens is 2. The second-order valence-electron chi connectivity index (χ2n) is 7.89. The first-order chi connectivity index (χ1) is 16.5. The zero-order valence-electron chi connectivity index (χ0n) is 17.5. The molecule has 5 aromatic rings. The van der Waals surface area contributed by atoms with Gasteiger partial charge in [0, 0.05) is 21.9 Å². The molecule has 0 saturated carbocycles. The van der Waals surface area contributed by atoms with E-state index in [1.54, 1.807) is 30.3 Å². The predicted molar refractivity (Wildman–Crippen MR) is 123 cm³/mol. The number of fused-ring (bicyclic) bond motifs is 4. The van der Waals surface area contributed by atoms with E-state index in [1.807, 2.05) is 24.3 Å². The summed E-state index contributed by atoms with van der Waals surface area (Å²) in [6.07, 6.45) is 0. The first-order valence-corrected chi connectivity index (χ1v) is 10.5. The lowest BCUT2D eigenvalue weighted by molar-refractivity contribution is 0.0516. The largest absolute Gasteiger partial charge is 0.353 e. The SMILES string of the molecule is O=C(NN1C(=O)c2ccccc2C1=O)c1cc2c([nH]c3ccccc32)c(-c2ccc(F)cc2)n1. The maximum atomic E-state index is 13.5. The first kappa shape index (κ1) is 19.8. The van der Waals surface area contributed by atoms with Crippen LogP contribution in [-0.4, -0.2) is 32.7 Å². The average Bonchev–Trinajstić information content (AvgIpc) is 3.35. The van der Waals surface area contributed by atoms with Crippen LogP contribution >= 0.6 is 0 Å². The summed E-state index contributed by atoms with van der Waals surface area (Å²) in [6.45, 7) is 0. The van der Waals surface area contributed by atoms with Gasteiger partial charge in [-0.1, -0.05) is 30.3 Å². The highest BCUT2D eigenvalue weighted by Gasteiger charge is 2.37. The summed E-state index contributed by atoms with van der Waals surface area (Å²) >= 11 is 0. The number of rotatable bonds is 3. The zero-order valence-corrected chi connectivity index (χ0v) is 17.5. The van der Waals surface area contributed by atoms with Crippen LogP contribution in [-0.2, 0) is 0 Å². The number of halogens is 1. The summed E-state index contributed by atoms with van der Waals surface area (Å²) in [6, 6.07) is 21.3. The van der Waals surface area contributed by atoms with Crippen LogP contribution in [0, 0.1) is 5.82 Å². The van der Waals surface area contributed by atoms with Crippen molar-refractivity contribution in [2.75, 3.05) is 0 Å². The number of pyridine rings is 1. The molecule has 164 valence electrons. The fraction of sp³-hybridized carbons (Fsp3) is 0. The van der Waals surface area contributed by atoms with Crippen molar-refractivity contribution in [3.63, 3.8) is 0 Å². The van der Waals surface area contributed by atoms with Crippen molar-refractivity contribution in [3.05, 3.63) is 102 Å². The van der Waals surface area contributed by atoms with Gasteiger partial charge in [-0.2, -0.15) is 5.01 Å². The van der Waals surface area contributed by atoms with Crippen molar-refractivity contribution >= 4 is 39.5 Å². The number of carbonyl (C=O) groups is 3. The van der Waals surface area contributed by atoms with E-state index in [-0.39, 0.29) is 16.8 Å². The number of amides is 3. The van der Waals surface area contributed by atoms with Gasteiger partial charge in [-0.25, -0.2) is 9.37 Å². The Hall–Kier alpha value is -4.85. The van der Waals surface area contributed by atoms with Gasteiger partial charge in [0.05, 0.1) is 22.3 Å². The highest BCUT2D eigenvalue weighted by molar-refractivity contribution is 6.22. The van der Waals surface area contributed by atoms with Crippen LogP contribution in [0.2, 0.25) is 0 Å². The summed E-state index contributed by atoms with van der Waals surface area (Å²) in [5, 5.41) is 2.31. The number of hydrogen-bond acceptors (Lipinski definition) is 4. The van der Waals surface area contributed by atoms with E-state index in [9.17, 15) is 18.8 Å². The smallest absolute Gasteiger partial charge is 0.288 e. The lowest BCUT2D eigenvalue weighted by atomic mass is 10.1. The summed E-state index contributed by atoms with van der Waals surface area (Å²) < 4.78 is 13.5. The molecule has 3 aromatic carbocycles. The Morgan fingerprint density at radius 3 is 2.21 bits per heavy atom. The zero-order chi connectivity index (χ0) is 23.4. The van der Waals surface area contributed by atoms with Gasteiger partial charge in [0.15, 0.2) is 0 Å². The minimum Gasteiger partial charge on any atom is -0.353 e. The number of hydrazine groups is 1. The Kier molecular flexibility index (Phi) is 4.28. The van der Waals surface area contributed by atoms with E-state index in [2.05, 4.69) is 15.4 Å². The van der Waals surface area contributed by atoms with Crippen molar-refractivity contribution in [3.8, 4) is 11.3 Å². The summed E-state index contributed by atoms with van der Waals surface area (Å²) in [5.41, 5.74) is 5.43. The minimum atomic E-state index is -0.718. The van der Waals surface area contributed by atoms with E-state index < -0.39 is 23.5 Å². The molecular formula is C26H15FN4O3. The van der Waals surface area contributed by atoms with Crippen LogP contribution < -0.4 is 5.43 Å². The molecule has 8 heteroatoms. The van der Waals surface area contributed by atoms with Gasteiger partial charge in [-0.05, 0) is 48.5 Å². The number of hydrogen-bond donors (Lipinski definition) is 2. The molecule has 3 heterocycles. The quantitative estimate of drug-likeness (QED) is 0.397. The molecule has 0 aliphatic carbocycles. The Bertz CT molecular complexity index is 1620. The normalized spacial score (nSPS) is 13.0. The fourth-order valence-electron chi connectivity index (χ4n) is 4.23. The topological polar surface area (TPSA) is 95.2 Å². The highest BCUT2D eigenvalue weighted by Crippen LogP contribution is 2.33. The number of aromatic amines is 1. The van der Waals surface area contributed by atoms with Gasteiger partial charge in [0.2, 0.25) is 0 Å². The lowest BCUT2D eigenvalue weighted by Gasteiger charge is -2.15. The second-order valence-corrected chi connectivity index (χ2v) is 7.89. The number of nitrogens with one attached hydrogen (secondary N) is 2. The second kappa shape index (κ2) is 7.35. The molecule has 1 aliphatic heterocycles. The molecule has 0 radical (unpaired) electrons. The van der Waals surface area contributed by atoms with Gasteiger partial charge < -0.3 is 4.98 Å². The third-order valence-corrected chi connectivity index (χ3v) is 5.85. The van der Waals surface area contributed by atoms with Crippen molar-refractivity contribution in [1.82, 2.24) is 20.4 Å². The molecule has 6 rings (SSSR count). The van der Waals surface area contributed by atoms with Gasteiger partial charge in [0.1, 0.15) is 11.5 Å². The van der Waals surface area contributed by atoms with Crippen LogP contribution in [0.15, 0.2) is 78.9 Å². The number of H-pyrrole nitrogens is 1. The van der Waals surface area contributed by atoms with Crippen LogP contribution in [0.1, 0.15) is 31.2 Å². The van der Waals surface area contributed by atoms with E-state index in [0.29, 0.717) is 21.8 Å². The van der Waals surface area contributed by atoms with Crippen LogP contribution in [0.5, 0.6) is 0 Å². The lowest BCUT2D eigenvalue weighted by Crippen LogP contribution is -2.46. The van der Waals surface area contributed by atoms with Gasteiger partial charge >= 0.3 is 0 Å². The molecule has 3 amide bonds. The maximum Gasteiger partial charge on any atom is 0.288 e. The van der Waals surface area contributed by atoms with Crippen molar-refractivity contribution in [1.29, 1.82) is 0 Å². The Morgan fingerprint density at radius 2 is 1.50 bits per heavy atom. The molecule has 0 bridgehead atoms. The molecule has 0 fully saturated rings. The number of imide groups is 1. The van der Waals surface area contributed by atoms with E-state index in [4.69, 9.17) is 0 Å². The van der Waals surface area contributed by atoms with E-state index in [1.165, 1.54) is 24.3 Å². The Morgan fingerprint density at radius 1 is 0.853 bits per heavy atom. The number of carbonyl (C=O) groups excluding carboxylic acids is 3. The van der Waals surface area contributed by atoms with Crippen LogP contribution in [0.4, 0.5) is 4.39 Å². The van der Waals surface area contributed by atoms with Crippen molar-refractivity contribution < 1.29 is 18.8 Å². The molecule has 0 saturated heterocycles. The summed E-state index contributed by atoms with van der Waals surface area (Å²) in [5.74, 6) is -2.33. The Balaban J connectivity index is 1.46. The molecule has 34 heavy (non-hydrogen) atoms. The molecule has 7 nitrogen and oxygen atoms in total. The number of nitrogens with zero attached hydrogens (tertiary/aromatic N) is 2. The van der Waals surface area contributed by atoms with Crippen LogP contribution in [0.25, 0.3) is 33.1 Å². The molecular weight excluding hydrogens is 435 g/mol. The third-order valence-electron chi connectivity index (χ3n) is 5.85. The summed E-state index contributed by atoms with van der Waals surface area (Å²) in [7, 11) is 0. The van der Waals surface area contributed by atoms with Gasteiger partial charge in [-0.15, -0.1) is 0 Å². The van der Waals surface area contributed by atoms with Crippen LogP contribution in [0.3, 0.4) is 0 Å². The molecule has 2 N–H and O–H groups in total. The number of para-hydroxylation sites is 1. The average molecular weight is 450 g/mol.